The number of ether oxygens (including phenoxy) is 1. The summed E-state index contributed by atoms with van der Waals surface area (Å²) >= 11 is 3.35. The maximum absolute atomic E-state index is 13.2. The molecule has 0 aliphatic rings. The Bertz CT molecular complexity index is 761. The summed E-state index contributed by atoms with van der Waals surface area (Å²) in [4.78, 5) is 23.8. The third-order valence-electron chi connectivity index (χ3n) is 3.15. The topological polar surface area (TPSA) is 55.4 Å². The van der Waals surface area contributed by atoms with Gasteiger partial charge in [0.2, 0.25) is 0 Å². The molecule has 0 radical (unpaired) electrons. The summed E-state index contributed by atoms with van der Waals surface area (Å²) in [6, 6.07) is 9.28. The highest BCUT2D eigenvalue weighted by molar-refractivity contribution is 9.10. The van der Waals surface area contributed by atoms with Crippen LogP contribution in [0, 0.1) is 19.7 Å². The Morgan fingerprint density at radius 1 is 1.17 bits per heavy atom. The second-order valence-electron chi connectivity index (χ2n) is 5.07. The van der Waals surface area contributed by atoms with Gasteiger partial charge in [0.05, 0.1) is 11.3 Å². The molecule has 0 fully saturated rings. The van der Waals surface area contributed by atoms with Gasteiger partial charge in [0, 0.05) is 4.47 Å². The molecular weight excluding hydrogens is 365 g/mol. The number of benzene rings is 2. The van der Waals surface area contributed by atoms with Gasteiger partial charge in [0.1, 0.15) is 5.82 Å². The highest BCUT2D eigenvalue weighted by Gasteiger charge is 2.14. The molecule has 0 aliphatic heterocycles. The van der Waals surface area contributed by atoms with Crippen molar-refractivity contribution in [3.05, 3.63) is 63.4 Å². The molecule has 120 valence electrons. The lowest BCUT2D eigenvalue weighted by atomic mass is 10.1. The largest absolute Gasteiger partial charge is 0.452 e. The zero-order chi connectivity index (χ0) is 17.0. The molecule has 23 heavy (non-hydrogen) atoms. The molecule has 0 spiro atoms. The van der Waals surface area contributed by atoms with E-state index in [2.05, 4.69) is 21.2 Å². The second-order valence-corrected chi connectivity index (χ2v) is 5.92. The second kappa shape index (κ2) is 7.37. The smallest absolute Gasteiger partial charge is 0.339 e. The SMILES string of the molecule is Cc1ccc(NC(=O)COC(=O)c2cc(F)ccc2C)c(Br)c1. The van der Waals surface area contributed by atoms with Crippen LogP contribution in [0.15, 0.2) is 40.9 Å². The maximum atomic E-state index is 13.2. The van der Waals surface area contributed by atoms with E-state index in [4.69, 9.17) is 4.74 Å². The highest BCUT2D eigenvalue weighted by Crippen LogP contribution is 2.23. The average Bonchev–Trinajstić information content (AvgIpc) is 2.50. The number of rotatable bonds is 4. The van der Waals surface area contributed by atoms with Crippen LogP contribution < -0.4 is 5.32 Å². The Kier molecular flexibility index (Phi) is 5.50. The molecular formula is C17H15BrFNO3. The van der Waals surface area contributed by atoms with Crippen molar-refractivity contribution < 1.29 is 18.7 Å². The minimum Gasteiger partial charge on any atom is -0.452 e. The van der Waals surface area contributed by atoms with Crippen molar-refractivity contribution in [3.8, 4) is 0 Å². The first-order valence-corrected chi connectivity index (χ1v) is 7.65. The molecule has 0 heterocycles. The number of carbonyl (C=O) groups excluding carboxylic acids is 2. The molecule has 1 N–H and O–H groups in total. The lowest BCUT2D eigenvalue weighted by molar-refractivity contribution is -0.119. The zero-order valence-electron chi connectivity index (χ0n) is 12.7. The van der Waals surface area contributed by atoms with E-state index in [9.17, 15) is 14.0 Å². The quantitative estimate of drug-likeness (QED) is 0.816. The number of nitrogens with one attached hydrogen (secondary N) is 1. The van der Waals surface area contributed by atoms with E-state index in [0.29, 0.717) is 11.3 Å². The zero-order valence-corrected chi connectivity index (χ0v) is 14.2. The minimum absolute atomic E-state index is 0.106. The molecule has 0 aliphatic carbocycles. The summed E-state index contributed by atoms with van der Waals surface area (Å²) in [6.45, 7) is 3.15. The summed E-state index contributed by atoms with van der Waals surface area (Å²) in [5.41, 5.74) is 2.31. The molecule has 1 amide bonds. The van der Waals surface area contributed by atoms with Gasteiger partial charge in [-0.1, -0.05) is 12.1 Å². The van der Waals surface area contributed by atoms with Crippen LogP contribution in [-0.2, 0) is 9.53 Å². The first-order valence-electron chi connectivity index (χ1n) is 6.86. The van der Waals surface area contributed by atoms with Crippen molar-refractivity contribution in [2.24, 2.45) is 0 Å². The molecule has 0 bridgehead atoms. The maximum Gasteiger partial charge on any atom is 0.339 e. The van der Waals surface area contributed by atoms with Crippen LogP contribution in [0.2, 0.25) is 0 Å². The number of aryl methyl sites for hydroxylation is 2. The molecule has 0 unspecified atom stereocenters. The van der Waals surface area contributed by atoms with Crippen molar-refractivity contribution in [2.45, 2.75) is 13.8 Å². The van der Waals surface area contributed by atoms with E-state index in [1.54, 1.807) is 13.0 Å². The molecule has 0 saturated heterocycles. The van der Waals surface area contributed by atoms with Gasteiger partial charge in [0.25, 0.3) is 5.91 Å². The van der Waals surface area contributed by atoms with E-state index >= 15 is 0 Å². The van der Waals surface area contributed by atoms with Crippen LogP contribution >= 0.6 is 15.9 Å². The molecule has 0 aromatic heterocycles. The average molecular weight is 380 g/mol. The third-order valence-corrected chi connectivity index (χ3v) is 3.81. The molecule has 6 heteroatoms. The van der Waals surface area contributed by atoms with Crippen LogP contribution in [0.4, 0.5) is 10.1 Å². The molecule has 2 aromatic rings. The van der Waals surface area contributed by atoms with Gasteiger partial charge in [-0.05, 0) is 65.2 Å². The fourth-order valence-corrected chi connectivity index (χ4v) is 2.52. The van der Waals surface area contributed by atoms with Crippen LogP contribution in [0.5, 0.6) is 0 Å². The van der Waals surface area contributed by atoms with E-state index in [0.717, 1.165) is 16.1 Å². The number of halogens is 2. The summed E-state index contributed by atoms with van der Waals surface area (Å²) in [6.07, 6.45) is 0. The Labute approximate surface area is 141 Å². The van der Waals surface area contributed by atoms with Crippen molar-refractivity contribution in [1.82, 2.24) is 0 Å². The van der Waals surface area contributed by atoms with Gasteiger partial charge in [-0.25, -0.2) is 9.18 Å². The van der Waals surface area contributed by atoms with Gasteiger partial charge < -0.3 is 10.1 Å². The summed E-state index contributed by atoms with van der Waals surface area (Å²) in [7, 11) is 0. The minimum atomic E-state index is -0.736. The van der Waals surface area contributed by atoms with E-state index < -0.39 is 24.3 Å². The van der Waals surface area contributed by atoms with E-state index in [1.165, 1.54) is 12.1 Å². The predicted octanol–water partition coefficient (Wildman–Crippen LogP) is 4.00. The Morgan fingerprint density at radius 2 is 1.91 bits per heavy atom. The van der Waals surface area contributed by atoms with Crippen molar-refractivity contribution in [1.29, 1.82) is 0 Å². The highest BCUT2D eigenvalue weighted by atomic mass is 79.9. The fraction of sp³-hybridized carbons (Fsp3) is 0.176. The number of esters is 1. The first-order chi connectivity index (χ1) is 10.9. The number of anilines is 1. The lowest BCUT2D eigenvalue weighted by Gasteiger charge is -2.09. The van der Waals surface area contributed by atoms with E-state index in [-0.39, 0.29) is 5.56 Å². The number of carbonyl (C=O) groups is 2. The molecule has 2 aromatic carbocycles. The van der Waals surface area contributed by atoms with Gasteiger partial charge in [-0.3, -0.25) is 4.79 Å². The predicted molar refractivity (Wildman–Crippen MR) is 88.9 cm³/mol. The summed E-state index contributed by atoms with van der Waals surface area (Å²) < 4.78 is 18.8. The Balaban J connectivity index is 1.96. The van der Waals surface area contributed by atoms with Crippen LogP contribution in [-0.4, -0.2) is 18.5 Å². The molecule has 4 nitrogen and oxygen atoms in total. The number of hydrogen-bond acceptors (Lipinski definition) is 3. The number of hydrogen-bond donors (Lipinski definition) is 1. The lowest BCUT2D eigenvalue weighted by Crippen LogP contribution is -2.21. The molecule has 2 rings (SSSR count). The Morgan fingerprint density at radius 3 is 2.61 bits per heavy atom. The van der Waals surface area contributed by atoms with Crippen molar-refractivity contribution in [3.63, 3.8) is 0 Å². The van der Waals surface area contributed by atoms with Crippen LogP contribution in [0.25, 0.3) is 0 Å². The fourth-order valence-electron chi connectivity index (χ4n) is 1.93. The van der Waals surface area contributed by atoms with Gasteiger partial charge in [-0.2, -0.15) is 0 Å². The third kappa shape index (κ3) is 4.63. The van der Waals surface area contributed by atoms with Crippen molar-refractivity contribution >= 4 is 33.5 Å². The summed E-state index contributed by atoms with van der Waals surface area (Å²) in [5, 5.41) is 2.63. The van der Waals surface area contributed by atoms with Gasteiger partial charge >= 0.3 is 5.97 Å². The number of amides is 1. The molecule has 0 saturated carbocycles. The summed E-state index contributed by atoms with van der Waals surface area (Å²) in [5.74, 6) is -1.74. The monoisotopic (exact) mass is 379 g/mol. The van der Waals surface area contributed by atoms with E-state index in [1.807, 2.05) is 19.1 Å². The Hall–Kier alpha value is -2.21. The normalized spacial score (nSPS) is 10.3. The van der Waals surface area contributed by atoms with Crippen molar-refractivity contribution in [2.75, 3.05) is 11.9 Å². The standard InChI is InChI=1S/C17H15BrFNO3/c1-10-3-6-15(14(18)7-10)20-16(21)9-23-17(22)13-8-12(19)5-4-11(13)2/h3-8H,9H2,1-2H3,(H,20,21). The van der Waals surface area contributed by atoms with Gasteiger partial charge in [0.15, 0.2) is 6.61 Å². The first kappa shape index (κ1) is 17.1. The molecule has 0 atom stereocenters. The van der Waals surface area contributed by atoms with Gasteiger partial charge in [-0.15, -0.1) is 0 Å². The van der Waals surface area contributed by atoms with Crippen LogP contribution in [0.3, 0.4) is 0 Å². The van der Waals surface area contributed by atoms with Crippen LogP contribution in [0.1, 0.15) is 21.5 Å².